The van der Waals surface area contributed by atoms with Gasteiger partial charge < -0.3 is 4.90 Å². The van der Waals surface area contributed by atoms with Gasteiger partial charge in [0.25, 0.3) is 10.0 Å². The van der Waals surface area contributed by atoms with Gasteiger partial charge in [0.2, 0.25) is 0 Å². The largest absolute Gasteiger partial charge is 0.303 e. The first-order chi connectivity index (χ1) is 12.6. The number of sulfonamides is 1. The predicted octanol–water partition coefficient (Wildman–Crippen LogP) is 3.92. The van der Waals surface area contributed by atoms with Crippen LogP contribution in [0.1, 0.15) is 30.6 Å². The molecule has 1 aliphatic carbocycles. The fraction of sp³-hybridized carbons (Fsp3) is 0.579. The molecule has 0 aromatic carbocycles. The highest BCUT2D eigenvalue weighted by atomic mass is 32.2. The Labute approximate surface area is 164 Å². The Morgan fingerprint density at radius 1 is 1.04 bits per heavy atom. The van der Waals surface area contributed by atoms with E-state index >= 15 is 0 Å². The molecule has 0 atom stereocenters. The van der Waals surface area contributed by atoms with Crippen molar-refractivity contribution in [2.45, 2.75) is 42.4 Å². The van der Waals surface area contributed by atoms with Crippen molar-refractivity contribution < 1.29 is 8.42 Å². The zero-order chi connectivity index (χ0) is 18.0. The molecule has 4 rings (SSSR count). The van der Waals surface area contributed by atoms with Crippen LogP contribution in [-0.4, -0.2) is 49.8 Å². The molecule has 2 fully saturated rings. The summed E-state index contributed by atoms with van der Waals surface area (Å²) in [4.78, 5) is 3.92. The van der Waals surface area contributed by atoms with Crippen LogP contribution in [0.15, 0.2) is 39.2 Å². The van der Waals surface area contributed by atoms with Crippen LogP contribution in [0.2, 0.25) is 0 Å². The molecule has 26 heavy (non-hydrogen) atoms. The molecule has 0 amide bonds. The highest BCUT2D eigenvalue weighted by Gasteiger charge is 2.38. The van der Waals surface area contributed by atoms with Crippen LogP contribution in [0, 0.1) is 5.92 Å². The maximum absolute atomic E-state index is 13.1. The molecule has 0 radical (unpaired) electrons. The van der Waals surface area contributed by atoms with Crippen molar-refractivity contribution in [1.29, 1.82) is 0 Å². The topological polar surface area (TPSA) is 40.6 Å². The normalized spacial score (nSPS) is 20.0. The summed E-state index contributed by atoms with van der Waals surface area (Å²) in [6.07, 6.45) is 5.34. The van der Waals surface area contributed by atoms with Crippen LogP contribution in [0.25, 0.3) is 0 Å². The Kier molecular flexibility index (Phi) is 5.81. The van der Waals surface area contributed by atoms with Gasteiger partial charge in [0.1, 0.15) is 4.21 Å². The number of hydrogen-bond donors (Lipinski definition) is 0. The zero-order valence-electron chi connectivity index (χ0n) is 14.9. The first-order valence-electron chi connectivity index (χ1n) is 9.43. The Hall–Kier alpha value is -0.730. The molecule has 2 aromatic rings. The molecule has 1 saturated carbocycles. The number of nitrogens with zero attached hydrogens (tertiary/aromatic N) is 2. The number of piperidine rings is 1. The maximum atomic E-state index is 13.1. The molecule has 0 unspecified atom stereocenters. The van der Waals surface area contributed by atoms with E-state index in [1.165, 1.54) is 29.1 Å². The molecular formula is C19H26N2O2S3. The van der Waals surface area contributed by atoms with E-state index in [9.17, 15) is 8.42 Å². The molecule has 2 aliphatic rings. The van der Waals surface area contributed by atoms with Crippen molar-refractivity contribution in [2.75, 3.05) is 26.2 Å². The highest BCUT2D eigenvalue weighted by Crippen LogP contribution is 2.35. The van der Waals surface area contributed by atoms with Gasteiger partial charge in [-0.3, -0.25) is 0 Å². The van der Waals surface area contributed by atoms with E-state index in [-0.39, 0.29) is 6.04 Å². The van der Waals surface area contributed by atoms with Gasteiger partial charge in [0.05, 0.1) is 0 Å². The molecule has 142 valence electrons. The lowest BCUT2D eigenvalue weighted by molar-refractivity contribution is 0.158. The second-order valence-corrected chi connectivity index (χ2v) is 11.4. The van der Waals surface area contributed by atoms with Gasteiger partial charge in [-0.15, -0.1) is 22.7 Å². The molecule has 7 heteroatoms. The van der Waals surface area contributed by atoms with E-state index in [4.69, 9.17) is 0 Å². The van der Waals surface area contributed by atoms with Crippen molar-refractivity contribution in [1.82, 2.24) is 9.21 Å². The van der Waals surface area contributed by atoms with Crippen molar-refractivity contribution in [2.24, 2.45) is 5.92 Å². The fourth-order valence-corrected chi connectivity index (χ4v) is 7.26. The molecule has 0 spiro atoms. The Bertz CT molecular complexity index is 775. The SMILES string of the molecule is O=S(=O)(c1cccs1)N(CC1CC1)C1CCN(CCc2cccs2)CC1. The number of hydrogen-bond acceptors (Lipinski definition) is 5. The third kappa shape index (κ3) is 4.39. The average Bonchev–Trinajstić information content (AvgIpc) is 3.11. The van der Waals surface area contributed by atoms with Crippen molar-refractivity contribution in [3.05, 3.63) is 39.9 Å². The van der Waals surface area contributed by atoms with Crippen LogP contribution >= 0.6 is 22.7 Å². The molecule has 0 bridgehead atoms. The van der Waals surface area contributed by atoms with Crippen LogP contribution in [0.5, 0.6) is 0 Å². The van der Waals surface area contributed by atoms with E-state index in [0.29, 0.717) is 16.7 Å². The minimum atomic E-state index is -3.34. The summed E-state index contributed by atoms with van der Waals surface area (Å²) < 4.78 is 28.6. The average molecular weight is 411 g/mol. The Morgan fingerprint density at radius 2 is 1.77 bits per heavy atom. The van der Waals surface area contributed by atoms with Crippen LogP contribution in [0.4, 0.5) is 0 Å². The number of rotatable bonds is 8. The van der Waals surface area contributed by atoms with Crippen molar-refractivity contribution in [3.8, 4) is 0 Å². The summed E-state index contributed by atoms with van der Waals surface area (Å²) in [6, 6.07) is 8.04. The van der Waals surface area contributed by atoms with Gasteiger partial charge in [-0.25, -0.2) is 8.42 Å². The van der Waals surface area contributed by atoms with Crippen LogP contribution < -0.4 is 0 Å². The van der Waals surface area contributed by atoms with Crippen molar-refractivity contribution >= 4 is 32.7 Å². The standard InChI is InChI=1S/C19H26N2O2S3/c22-26(23,19-4-2-14-25-19)21(15-16-5-6-16)17-7-10-20(11-8-17)12-9-18-3-1-13-24-18/h1-4,13-14,16-17H,5-12,15H2. The van der Waals surface area contributed by atoms with Gasteiger partial charge in [0, 0.05) is 24.0 Å². The third-order valence-electron chi connectivity index (χ3n) is 5.41. The molecule has 2 aromatic heterocycles. The zero-order valence-corrected chi connectivity index (χ0v) is 17.4. The van der Waals surface area contributed by atoms with E-state index in [1.807, 2.05) is 27.1 Å². The Morgan fingerprint density at radius 3 is 2.38 bits per heavy atom. The van der Waals surface area contributed by atoms with Gasteiger partial charge >= 0.3 is 0 Å². The van der Waals surface area contributed by atoms with E-state index < -0.39 is 10.0 Å². The van der Waals surface area contributed by atoms with Crippen LogP contribution in [-0.2, 0) is 16.4 Å². The van der Waals surface area contributed by atoms with E-state index in [0.717, 1.165) is 38.9 Å². The molecule has 1 saturated heterocycles. The van der Waals surface area contributed by atoms with E-state index in [2.05, 4.69) is 22.4 Å². The number of thiophene rings is 2. The van der Waals surface area contributed by atoms with Gasteiger partial charge in [0.15, 0.2) is 0 Å². The molecule has 0 N–H and O–H groups in total. The highest BCUT2D eigenvalue weighted by molar-refractivity contribution is 7.91. The van der Waals surface area contributed by atoms with Gasteiger partial charge in [-0.2, -0.15) is 4.31 Å². The molecule has 3 heterocycles. The predicted molar refractivity (Wildman–Crippen MR) is 108 cm³/mol. The van der Waals surface area contributed by atoms with Gasteiger partial charge in [-0.05, 0) is 74.0 Å². The first kappa shape index (κ1) is 18.6. The second-order valence-electron chi connectivity index (χ2n) is 7.35. The summed E-state index contributed by atoms with van der Waals surface area (Å²) in [5.41, 5.74) is 0. The quantitative estimate of drug-likeness (QED) is 0.662. The summed E-state index contributed by atoms with van der Waals surface area (Å²) in [7, 11) is -3.34. The third-order valence-corrected chi connectivity index (χ3v) is 9.64. The van der Waals surface area contributed by atoms with Gasteiger partial charge in [-0.1, -0.05) is 12.1 Å². The van der Waals surface area contributed by atoms with Crippen molar-refractivity contribution in [3.63, 3.8) is 0 Å². The lowest BCUT2D eigenvalue weighted by Crippen LogP contribution is -2.48. The monoisotopic (exact) mass is 410 g/mol. The summed E-state index contributed by atoms with van der Waals surface area (Å²) in [5.74, 6) is 0.571. The lowest BCUT2D eigenvalue weighted by Gasteiger charge is -2.37. The number of likely N-dealkylation sites (tertiary alicyclic amines) is 1. The summed E-state index contributed by atoms with van der Waals surface area (Å²) >= 11 is 3.16. The molecular weight excluding hydrogens is 384 g/mol. The minimum absolute atomic E-state index is 0.153. The smallest absolute Gasteiger partial charge is 0.252 e. The molecule has 1 aliphatic heterocycles. The maximum Gasteiger partial charge on any atom is 0.252 e. The first-order valence-corrected chi connectivity index (χ1v) is 12.6. The summed E-state index contributed by atoms with van der Waals surface area (Å²) in [6.45, 7) is 3.78. The second kappa shape index (κ2) is 8.10. The minimum Gasteiger partial charge on any atom is -0.303 e. The van der Waals surface area contributed by atoms with Crippen LogP contribution in [0.3, 0.4) is 0 Å². The molecule has 4 nitrogen and oxygen atoms in total. The fourth-order valence-electron chi connectivity index (χ4n) is 3.68. The lowest BCUT2D eigenvalue weighted by atomic mass is 10.0. The Balaban J connectivity index is 1.38. The summed E-state index contributed by atoms with van der Waals surface area (Å²) in [5, 5.41) is 3.99. The van der Waals surface area contributed by atoms with E-state index in [1.54, 1.807) is 6.07 Å².